The third kappa shape index (κ3) is 4.96. The summed E-state index contributed by atoms with van der Waals surface area (Å²) in [5, 5.41) is 3.22. The van der Waals surface area contributed by atoms with Crippen LogP contribution < -0.4 is 20.7 Å². The standard InChI is InChI=1S/C22H27N7O/c1-16-4-3-5-17(14-16)24-22-26-20(25-21(23)27-22)15-28-10-12-29(13-11-28)18-6-8-19(30-2)9-7-18/h3-9,14H,10-13,15H2,1-2H3,(H3,23,24,25,26,27). The van der Waals surface area contributed by atoms with Gasteiger partial charge in [-0.15, -0.1) is 0 Å². The maximum atomic E-state index is 5.93. The number of aryl methyl sites for hydroxylation is 1. The largest absolute Gasteiger partial charge is 0.497 e. The molecule has 1 fully saturated rings. The first-order valence-electron chi connectivity index (χ1n) is 10.0. The van der Waals surface area contributed by atoms with Crippen molar-refractivity contribution in [2.75, 3.05) is 49.2 Å². The van der Waals surface area contributed by atoms with Gasteiger partial charge in [-0.2, -0.15) is 15.0 Å². The first-order chi connectivity index (χ1) is 14.6. The van der Waals surface area contributed by atoms with Gasteiger partial charge in [-0.25, -0.2) is 0 Å². The molecule has 0 amide bonds. The third-order valence-electron chi connectivity index (χ3n) is 5.15. The highest BCUT2D eigenvalue weighted by molar-refractivity contribution is 5.55. The Morgan fingerprint density at radius 1 is 1.00 bits per heavy atom. The summed E-state index contributed by atoms with van der Waals surface area (Å²) in [6, 6.07) is 16.3. The van der Waals surface area contributed by atoms with E-state index in [9.17, 15) is 0 Å². The molecule has 1 aromatic heterocycles. The highest BCUT2D eigenvalue weighted by Gasteiger charge is 2.19. The molecule has 0 unspecified atom stereocenters. The van der Waals surface area contributed by atoms with Crippen molar-refractivity contribution in [2.24, 2.45) is 0 Å². The molecule has 0 spiro atoms. The van der Waals surface area contributed by atoms with Crippen molar-refractivity contribution in [2.45, 2.75) is 13.5 Å². The summed E-state index contributed by atoms with van der Waals surface area (Å²) in [6.07, 6.45) is 0. The molecular weight excluding hydrogens is 378 g/mol. The van der Waals surface area contributed by atoms with E-state index in [1.165, 1.54) is 5.69 Å². The summed E-state index contributed by atoms with van der Waals surface area (Å²) in [4.78, 5) is 17.8. The SMILES string of the molecule is COc1ccc(N2CCN(Cc3nc(N)nc(Nc4cccc(C)c4)n3)CC2)cc1. The first-order valence-corrected chi connectivity index (χ1v) is 10.0. The van der Waals surface area contributed by atoms with Crippen molar-refractivity contribution < 1.29 is 4.74 Å². The van der Waals surface area contributed by atoms with Crippen LogP contribution in [0.25, 0.3) is 0 Å². The molecule has 3 N–H and O–H groups in total. The van der Waals surface area contributed by atoms with Gasteiger partial charge in [0.15, 0.2) is 0 Å². The van der Waals surface area contributed by atoms with E-state index in [0.29, 0.717) is 18.3 Å². The minimum Gasteiger partial charge on any atom is -0.497 e. The van der Waals surface area contributed by atoms with E-state index in [4.69, 9.17) is 10.5 Å². The fourth-order valence-electron chi connectivity index (χ4n) is 3.57. The average Bonchev–Trinajstić information content (AvgIpc) is 2.74. The number of nitrogen functional groups attached to an aromatic ring is 1. The van der Waals surface area contributed by atoms with E-state index < -0.39 is 0 Å². The third-order valence-corrected chi connectivity index (χ3v) is 5.15. The molecule has 3 aromatic rings. The summed E-state index contributed by atoms with van der Waals surface area (Å²) in [6.45, 7) is 6.44. The van der Waals surface area contributed by atoms with Crippen LogP contribution in [-0.2, 0) is 6.54 Å². The average molecular weight is 406 g/mol. The Bertz CT molecular complexity index is 985. The number of rotatable bonds is 6. The number of hydrogen-bond acceptors (Lipinski definition) is 8. The lowest BCUT2D eigenvalue weighted by atomic mass is 10.2. The van der Waals surface area contributed by atoms with Crippen LogP contribution in [-0.4, -0.2) is 53.1 Å². The highest BCUT2D eigenvalue weighted by atomic mass is 16.5. The maximum Gasteiger partial charge on any atom is 0.232 e. The number of hydrogen-bond donors (Lipinski definition) is 2. The highest BCUT2D eigenvalue weighted by Crippen LogP contribution is 2.21. The van der Waals surface area contributed by atoms with Crippen LogP contribution in [0.5, 0.6) is 5.75 Å². The second-order valence-corrected chi connectivity index (χ2v) is 7.39. The molecule has 4 rings (SSSR count). The molecule has 8 nitrogen and oxygen atoms in total. The predicted molar refractivity (Wildman–Crippen MR) is 119 cm³/mol. The molecule has 0 radical (unpaired) electrons. The van der Waals surface area contributed by atoms with E-state index in [2.05, 4.69) is 42.2 Å². The number of ether oxygens (including phenoxy) is 1. The summed E-state index contributed by atoms with van der Waals surface area (Å²) in [5.41, 5.74) is 9.24. The van der Waals surface area contributed by atoms with Crippen LogP contribution in [0.1, 0.15) is 11.4 Å². The summed E-state index contributed by atoms with van der Waals surface area (Å²) in [7, 11) is 1.68. The Morgan fingerprint density at radius 2 is 1.77 bits per heavy atom. The van der Waals surface area contributed by atoms with E-state index in [0.717, 1.165) is 43.2 Å². The van der Waals surface area contributed by atoms with Crippen LogP contribution in [0.3, 0.4) is 0 Å². The number of nitrogens with one attached hydrogen (secondary N) is 1. The fraction of sp³-hybridized carbons (Fsp3) is 0.318. The molecule has 2 heterocycles. The quantitative estimate of drug-likeness (QED) is 0.647. The number of methoxy groups -OCH3 is 1. The van der Waals surface area contributed by atoms with Gasteiger partial charge < -0.3 is 20.7 Å². The lowest BCUT2D eigenvalue weighted by Crippen LogP contribution is -2.46. The Kier molecular flexibility index (Phi) is 5.94. The minimum absolute atomic E-state index is 0.229. The van der Waals surface area contributed by atoms with Crippen molar-refractivity contribution in [3.8, 4) is 5.75 Å². The molecule has 8 heteroatoms. The lowest BCUT2D eigenvalue weighted by molar-refractivity contribution is 0.244. The second kappa shape index (κ2) is 8.96. The van der Waals surface area contributed by atoms with Crippen molar-refractivity contribution >= 4 is 23.3 Å². The van der Waals surface area contributed by atoms with Crippen LogP contribution in [0.15, 0.2) is 48.5 Å². The Hall–Kier alpha value is -3.39. The van der Waals surface area contributed by atoms with Crippen LogP contribution in [0.4, 0.5) is 23.3 Å². The fourth-order valence-corrected chi connectivity index (χ4v) is 3.57. The Balaban J connectivity index is 1.37. The number of benzene rings is 2. The number of aromatic nitrogens is 3. The van der Waals surface area contributed by atoms with Gasteiger partial charge in [0.2, 0.25) is 11.9 Å². The van der Waals surface area contributed by atoms with Gasteiger partial charge in [0, 0.05) is 37.6 Å². The zero-order valence-corrected chi connectivity index (χ0v) is 17.4. The zero-order valence-electron chi connectivity index (χ0n) is 17.4. The van der Waals surface area contributed by atoms with Gasteiger partial charge >= 0.3 is 0 Å². The molecule has 1 aliphatic heterocycles. The second-order valence-electron chi connectivity index (χ2n) is 7.39. The van der Waals surface area contributed by atoms with Gasteiger partial charge in [-0.05, 0) is 48.9 Å². The van der Waals surface area contributed by atoms with Crippen molar-refractivity contribution in [3.63, 3.8) is 0 Å². The van der Waals surface area contributed by atoms with E-state index >= 15 is 0 Å². The van der Waals surface area contributed by atoms with Gasteiger partial charge in [-0.1, -0.05) is 12.1 Å². The summed E-state index contributed by atoms with van der Waals surface area (Å²) >= 11 is 0. The van der Waals surface area contributed by atoms with Gasteiger partial charge in [0.25, 0.3) is 0 Å². The topological polar surface area (TPSA) is 92.4 Å². The smallest absolute Gasteiger partial charge is 0.232 e. The Labute approximate surface area is 176 Å². The van der Waals surface area contributed by atoms with Crippen LogP contribution >= 0.6 is 0 Å². The number of anilines is 4. The summed E-state index contributed by atoms with van der Waals surface area (Å²) < 4.78 is 5.24. The first kappa shape index (κ1) is 19.9. The van der Waals surface area contributed by atoms with Crippen molar-refractivity contribution in [1.29, 1.82) is 0 Å². The normalized spacial score (nSPS) is 14.5. The van der Waals surface area contributed by atoms with Gasteiger partial charge in [0.1, 0.15) is 11.6 Å². The minimum atomic E-state index is 0.229. The van der Waals surface area contributed by atoms with E-state index in [1.54, 1.807) is 7.11 Å². The van der Waals surface area contributed by atoms with E-state index in [-0.39, 0.29) is 5.95 Å². The molecule has 156 valence electrons. The molecular formula is C22H27N7O. The molecule has 2 aromatic carbocycles. The molecule has 0 aliphatic carbocycles. The predicted octanol–water partition coefficient (Wildman–Crippen LogP) is 2.84. The monoisotopic (exact) mass is 405 g/mol. The molecule has 0 saturated carbocycles. The molecule has 30 heavy (non-hydrogen) atoms. The van der Waals surface area contributed by atoms with E-state index in [1.807, 2.05) is 43.3 Å². The Morgan fingerprint density at radius 3 is 2.47 bits per heavy atom. The van der Waals surface area contributed by atoms with Crippen molar-refractivity contribution in [1.82, 2.24) is 19.9 Å². The lowest BCUT2D eigenvalue weighted by Gasteiger charge is -2.35. The maximum absolute atomic E-state index is 5.93. The summed E-state index contributed by atoms with van der Waals surface area (Å²) in [5.74, 6) is 2.25. The molecule has 1 aliphatic rings. The van der Waals surface area contributed by atoms with Crippen LogP contribution in [0.2, 0.25) is 0 Å². The molecule has 1 saturated heterocycles. The number of nitrogens with zero attached hydrogens (tertiary/aromatic N) is 5. The van der Waals surface area contributed by atoms with Crippen molar-refractivity contribution in [3.05, 3.63) is 59.9 Å². The van der Waals surface area contributed by atoms with Gasteiger partial charge in [-0.3, -0.25) is 4.90 Å². The van der Waals surface area contributed by atoms with Crippen LogP contribution in [0, 0.1) is 6.92 Å². The number of nitrogens with two attached hydrogens (primary N) is 1. The zero-order chi connectivity index (χ0) is 20.9. The number of piperazine rings is 1. The molecule has 0 bridgehead atoms. The molecule has 0 atom stereocenters. The van der Waals surface area contributed by atoms with Gasteiger partial charge in [0.05, 0.1) is 13.7 Å².